The van der Waals surface area contributed by atoms with Crippen molar-refractivity contribution in [1.29, 1.82) is 5.26 Å². The summed E-state index contributed by atoms with van der Waals surface area (Å²) in [5.41, 5.74) is 1.71. The maximum atomic E-state index is 12.8. The van der Waals surface area contributed by atoms with Gasteiger partial charge < -0.3 is 4.90 Å². The van der Waals surface area contributed by atoms with Crippen molar-refractivity contribution in [2.45, 2.75) is 32.7 Å². The van der Waals surface area contributed by atoms with Crippen LogP contribution in [-0.2, 0) is 4.79 Å². The Morgan fingerprint density at radius 2 is 1.88 bits per heavy atom. The number of carbonyl (C=O) groups excluding carboxylic acids is 1. The Hall–Kier alpha value is -2.86. The molecular weight excluding hydrogens is 308 g/mol. The third-order valence-electron chi connectivity index (χ3n) is 3.61. The standard InChI is InChI=1S/C22H28N2O/c1-7-12-18(11-5)16-20(17-23)22(25)24(6)21(15-10-4)19(13-8-2)14-9-3/h7-9,11-14,16,21H,1-2,5,10,15H2,3-4,6H3/b14-9-,18-12+,19-13+,20-16+. The highest BCUT2D eigenvalue weighted by Gasteiger charge is 2.24. The second-order valence-corrected chi connectivity index (χ2v) is 5.40. The quantitative estimate of drug-likeness (QED) is 0.318. The first-order valence-corrected chi connectivity index (χ1v) is 8.29. The molecule has 3 heteroatoms. The summed E-state index contributed by atoms with van der Waals surface area (Å²) in [6, 6.07) is 1.87. The Balaban J connectivity index is 5.86. The molecule has 0 saturated carbocycles. The first kappa shape index (κ1) is 22.1. The molecule has 0 rings (SSSR count). The summed E-state index contributed by atoms with van der Waals surface area (Å²) in [5.74, 6) is -0.322. The smallest absolute Gasteiger partial charge is 0.264 e. The van der Waals surface area contributed by atoms with E-state index in [0.29, 0.717) is 5.57 Å². The zero-order chi connectivity index (χ0) is 19.2. The van der Waals surface area contributed by atoms with Crippen LogP contribution in [0.2, 0.25) is 0 Å². The van der Waals surface area contributed by atoms with Crippen LogP contribution in [-0.4, -0.2) is 23.9 Å². The number of nitrogens with zero attached hydrogens (tertiary/aromatic N) is 2. The van der Waals surface area contributed by atoms with Crippen LogP contribution in [0.5, 0.6) is 0 Å². The van der Waals surface area contributed by atoms with Crippen molar-refractivity contribution in [3.63, 3.8) is 0 Å². The third-order valence-corrected chi connectivity index (χ3v) is 3.61. The molecule has 0 aromatic rings. The minimum Gasteiger partial charge on any atom is -0.334 e. The van der Waals surface area contributed by atoms with Gasteiger partial charge in [-0.1, -0.05) is 75.6 Å². The third kappa shape index (κ3) is 7.05. The van der Waals surface area contributed by atoms with Gasteiger partial charge in [-0.05, 0) is 30.6 Å². The highest BCUT2D eigenvalue weighted by molar-refractivity contribution is 5.98. The van der Waals surface area contributed by atoms with Crippen LogP contribution < -0.4 is 0 Å². The lowest BCUT2D eigenvalue weighted by molar-refractivity contribution is -0.126. The number of carbonyl (C=O) groups is 1. The molecule has 1 unspecified atom stereocenters. The average molecular weight is 336 g/mol. The van der Waals surface area contributed by atoms with Gasteiger partial charge in [-0.25, -0.2) is 0 Å². The predicted octanol–water partition coefficient (Wildman–Crippen LogP) is 5.05. The van der Waals surface area contributed by atoms with E-state index >= 15 is 0 Å². The molecule has 0 aliphatic carbocycles. The molecular formula is C22H28N2O. The van der Waals surface area contributed by atoms with Crippen molar-refractivity contribution in [2.24, 2.45) is 0 Å². The van der Waals surface area contributed by atoms with Crippen LogP contribution in [0, 0.1) is 11.3 Å². The van der Waals surface area contributed by atoms with Crippen molar-refractivity contribution in [3.8, 4) is 6.07 Å². The molecule has 132 valence electrons. The lowest BCUT2D eigenvalue weighted by Gasteiger charge is -2.29. The van der Waals surface area contributed by atoms with Gasteiger partial charge >= 0.3 is 0 Å². The zero-order valence-electron chi connectivity index (χ0n) is 15.5. The summed E-state index contributed by atoms with van der Waals surface area (Å²) in [4.78, 5) is 14.4. The van der Waals surface area contributed by atoms with Crippen LogP contribution in [0.25, 0.3) is 0 Å². The van der Waals surface area contributed by atoms with E-state index in [9.17, 15) is 10.1 Å². The Kier molecular flexibility index (Phi) is 11.1. The molecule has 25 heavy (non-hydrogen) atoms. The molecule has 0 fully saturated rings. The molecule has 0 aliphatic heterocycles. The van der Waals surface area contributed by atoms with E-state index in [1.807, 2.05) is 31.2 Å². The van der Waals surface area contributed by atoms with Crippen LogP contribution in [0.3, 0.4) is 0 Å². The van der Waals surface area contributed by atoms with Crippen LogP contribution >= 0.6 is 0 Å². The fourth-order valence-corrected chi connectivity index (χ4v) is 2.41. The Morgan fingerprint density at radius 1 is 1.24 bits per heavy atom. The lowest BCUT2D eigenvalue weighted by atomic mass is 9.98. The Morgan fingerprint density at radius 3 is 2.32 bits per heavy atom. The van der Waals surface area contributed by atoms with Crippen molar-refractivity contribution in [2.75, 3.05) is 7.05 Å². The molecule has 0 radical (unpaired) electrons. The van der Waals surface area contributed by atoms with Gasteiger partial charge in [0, 0.05) is 7.05 Å². The summed E-state index contributed by atoms with van der Waals surface area (Å²) in [7, 11) is 1.72. The second-order valence-electron chi connectivity index (χ2n) is 5.40. The van der Waals surface area contributed by atoms with E-state index in [-0.39, 0.29) is 17.5 Å². The number of hydrogen-bond acceptors (Lipinski definition) is 2. The summed E-state index contributed by atoms with van der Waals surface area (Å²) in [6.45, 7) is 15.1. The van der Waals surface area contributed by atoms with Gasteiger partial charge in [-0.2, -0.15) is 5.26 Å². The van der Waals surface area contributed by atoms with Crippen LogP contribution in [0.1, 0.15) is 26.7 Å². The first-order valence-electron chi connectivity index (χ1n) is 8.29. The molecule has 0 aromatic carbocycles. The highest BCUT2D eigenvalue weighted by Crippen LogP contribution is 2.19. The van der Waals surface area contributed by atoms with E-state index in [1.165, 1.54) is 6.08 Å². The van der Waals surface area contributed by atoms with Crippen molar-refractivity contribution in [1.82, 2.24) is 4.90 Å². The van der Waals surface area contributed by atoms with Crippen LogP contribution in [0.4, 0.5) is 0 Å². The van der Waals surface area contributed by atoms with Gasteiger partial charge in [0.1, 0.15) is 11.6 Å². The number of likely N-dealkylation sites (N-methyl/N-ethyl adjacent to an activating group) is 1. The van der Waals surface area contributed by atoms with Gasteiger partial charge in [0.05, 0.1) is 6.04 Å². The summed E-state index contributed by atoms with van der Waals surface area (Å²) >= 11 is 0. The van der Waals surface area contributed by atoms with E-state index in [0.717, 1.165) is 18.4 Å². The van der Waals surface area contributed by atoms with Gasteiger partial charge in [-0.3, -0.25) is 4.79 Å². The number of hydrogen-bond donors (Lipinski definition) is 0. The molecule has 0 heterocycles. The number of rotatable bonds is 10. The van der Waals surface area contributed by atoms with E-state index in [4.69, 9.17) is 0 Å². The molecule has 1 atom stereocenters. The Bertz CT molecular complexity index is 654. The number of amides is 1. The Labute approximate surface area is 152 Å². The normalized spacial score (nSPS) is 13.9. The molecule has 0 spiro atoms. The van der Waals surface area contributed by atoms with Gasteiger partial charge in [0.25, 0.3) is 5.91 Å². The second kappa shape index (κ2) is 12.5. The fraction of sp³-hybridized carbons (Fsp3) is 0.273. The molecule has 1 amide bonds. The van der Waals surface area contributed by atoms with E-state index in [1.54, 1.807) is 36.3 Å². The fourth-order valence-electron chi connectivity index (χ4n) is 2.41. The van der Waals surface area contributed by atoms with Crippen molar-refractivity contribution in [3.05, 3.63) is 85.1 Å². The SMILES string of the molecule is C=C/C=C(C=C)/C=C(\C#N)C(=O)N(C)C(CCC)C(/C=C\C)=C/C=C. The van der Waals surface area contributed by atoms with E-state index < -0.39 is 0 Å². The largest absolute Gasteiger partial charge is 0.334 e. The van der Waals surface area contributed by atoms with Crippen molar-refractivity contribution >= 4 is 5.91 Å². The monoisotopic (exact) mass is 336 g/mol. The predicted molar refractivity (Wildman–Crippen MR) is 107 cm³/mol. The maximum absolute atomic E-state index is 12.8. The molecule has 0 bridgehead atoms. The molecule has 0 aliphatic rings. The van der Waals surface area contributed by atoms with Gasteiger partial charge in [0.15, 0.2) is 0 Å². The molecule has 0 N–H and O–H groups in total. The van der Waals surface area contributed by atoms with Crippen molar-refractivity contribution < 1.29 is 4.79 Å². The zero-order valence-corrected chi connectivity index (χ0v) is 15.5. The van der Waals surface area contributed by atoms with Gasteiger partial charge in [0.2, 0.25) is 0 Å². The highest BCUT2D eigenvalue weighted by atomic mass is 16.2. The molecule has 3 nitrogen and oxygen atoms in total. The summed E-state index contributed by atoms with van der Waals surface area (Å²) < 4.78 is 0. The number of allylic oxidation sites excluding steroid dienone is 8. The lowest BCUT2D eigenvalue weighted by Crippen LogP contribution is -2.38. The topological polar surface area (TPSA) is 44.1 Å². The molecule has 0 aromatic heterocycles. The minimum absolute atomic E-state index is 0.0648. The maximum Gasteiger partial charge on any atom is 0.264 e. The van der Waals surface area contributed by atoms with Crippen LogP contribution in [0.15, 0.2) is 85.1 Å². The summed E-state index contributed by atoms with van der Waals surface area (Å²) in [6.07, 6.45) is 15.6. The molecule has 0 saturated heterocycles. The summed E-state index contributed by atoms with van der Waals surface area (Å²) in [5, 5.41) is 9.42. The number of nitriles is 1. The van der Waals surface area contributed by atoms with E-state index in [2.05, 4.69) is 26.7 Å². The average Bonchev–Trinajstić information content (AvgIpc) is 2.62. The minimum atomic E-state index is -0.322. The van der Waals surface area contributed by atoms with Gasteiger partial charge in [-0.15, -0.1) is 0 Å². The first-order chi connectivity index (χ1) is 12.0.